The van der Waals surface area contributed by atoms with E-state index in [1.54, 1.807) is 0 Å². The Balaban J connectivity index is 2.77. The van der Waals surface area contributed by atoms with Crippen LogP contribution >= 0.6 is 0 Å². The molecule has 0 heterocycles. The predicted octanol–water partition coefficient (Wildman–Crippen LogP) is 2.16. The molecule has 0 aromatic heterocycles. The molecule has 0 aliphatic rings. The molecule has 0 aliphatic heterocycles. The van der Waals surface area contributed by atoms with E-state index >= 15 is 0 Å². The van der Waals surface area contributed by atoms with E-state index in [-0.39, 0.29) is 6.23 Å². The van der Waals surface area contributed by atoms with E-state index in [4.69, 9.17) is 0 Å². The van der Waals surface area contributed by atoms with Gasteiger partial charge in [0.2, 0.25) is 0 Å². The minimum absolute atomic E-state index is 0.386. The van der Waals surface area contributed by atoms with Crippen LogP contribution in [-0.4, -0.2) is 18.4 Å². The van der Waals surface area contributed by atoms with Crippen molar-refractivity contribution in [2.75, 3.05) is 11.9 Å². The zero-order chi connectivity index (χ0) is 9.84. The maximum Gasteiger partial charge on any atom is 0.126 e. The first-order valence-electron chi connectivity index (χ1n) is 4.62. The third kappa shape index (κ3) is 2.46. The molecule has 1 atom stereocenters. The molecule has 0 fully saturated rings. The summed E-state index contributed by atoms with van der Waals surface area (Å²) in [4.78, 5) is 1.87. The number of hydrogen-bond acceptors (Lipinski definition) is 2. The standard InChI is InChI=1S/C11H17NO/c1-4-11(13)12(3)10-7-5-9(2)6-8-10/h5-8,11,13H,4H2,1-3H3. The second kappa shape index (κ2) is 4.28. The van der Waals surface area contributed by atoms with Gasteiger partial charge in [0.1, 0.15) is 6.23 Å². The SMILES string of the molecule is CCC(O)N(C)c1ccc(C)cc1. The van der Waals surface area contributed by atoms with Gasteiger partial charge >= 0.3 is 0 Å². The van der Waals surface area contributed by atoms with Crippen LogP contribution in [0.5, 0.6) is 0 Å². The first kappa shape index (κ1) is 10.1. The number of aryl methyl sites for hydroxylation is 1. The van der Waals surface area contributed by atoms with E-state index in [0.717, 1.165) is 12.1 Å². The molecule has 1 unspecified atom stereocenters. The van der Waals surface area contributed by atoms with Gasteiger partial charge < -0.3 is 10.0 Å². The fourth-order valence-electron chi connectivity index (χ4n) is 1.23. The highest BCUT2D eigenvalue weighted by molar-refractivity contribution is 5.46. The smallest absolute Gasteiger partial charge is 0.126 e. The van der Waals surface area contributed by atoms with E-state index in [0.29, 0.717) is 0 Å². The van der Waals surface area contributed by atoms with Crippen LogP contribution in [-0.2, 0) is 0 Å². The van der Waals surface area contributed by atoms with Gasteiger partial charge in [-0.3, -0.25) is 0 Å². The summed E-state index contributed by atoms with van der Waals surface area (Å²) < 4.78 is 0. The van der Waals surface area contributed by atoms with Crippen LogP contribution in [0.3, 0.4) is 0 Å². The molecule has 2 nitrogen and oxygen atoms in total. The normalized spacial score (nSPS) is 12.6. The predicted molar refractivity (Wildman–Crippen MR) is 55.9 cm³/mol. The Hall–Kier alpha value is -1.02. The number of aliphatic hydroxyl groups is 1. The summed E-state index contributed by atoms with van der Waals surface area (Å²) in [6.07, 6.45) is 0.354. The maximum atomic E-state index is 9.58. The first-order chi connectivity index (χ1) is 6.15. The molecule has 72 valence electrons. The average Bonchev–Trinajstić information content (AvgIpc) is 2.17. The zero-order valence-electron chi connectivity index (χ0n) is 8.49. The highest BCUT2D eigenvalue weighted by Gasteiger charge is 2.08. The molecular weight excluding hydrogens is 162 g/mol. The second-order valence-electron chi connectivity index (χ2n) is 3.34. The van der Waals surface area contributed by atoms with E-state index < -0.39 is 0 Å². The molecule has 1 aromatic carbocycles. The lowest BCUT2D eigenvalue weighted by Gasteiger charge is -2.24. The van der Waals surface area contributed by atoms with Gasteiger partial charge in [0, 0.05) is 12.7 Å². The molecular formula is C11H17NO. The highest BCUT2D eigenvalue weighted by atomic mass is 16.3. The molecule has 1 N–H and O–H groups in total. The topological polar surface area (TPSA) is 23.5 Å². The fourth-order valence-corrected chi connectivity index (χ4v) is 1.23. The molecule has 0 saturated carbocycles. The molecule has 1 aromatic rings. The van der Waals surface area contributed by atoms with E-state index in [1.807, 2.05) is 43.1 Å². The Morgan fingerprint density at radius 1 is 1.31 bits per heavy atom. The summed E-state index contributed by atoms with van der Waals surface area (Å²) >= 11 is 0. The molecule has 13 heavy (non-hydrogen) atoms. The van der Waals surface area contributed by atoms with Crippen molar-refractivity contribution in [2.24, 2.45) is 0 Å². The molecule has 0 aliphatic carbocycles. The largest absolute Gasteiger partial charge is 0.374 e. The van der Waals surface area contributed by atoms with Crippen LogP contribution < -0.4 is 4.90 Å². The molecule has 0 spiro atoms. The second-order valence-corrected chi connectivity index (χ2v) is 3.34. The Morgan fingerprint density at radius 3 is 2.31 bits per heavy atom. The zero-order valence-corrected chi connectivity index (χ0v) is 8.49. The molecule has 0 radical (unpaired) electrons. The monoisotopic (exact) mass is 179 g/mol. The number of anilines is 1. The van der Waals surface area contributed by atoms with Gasteiger partial charge in [-0.05, 0) is 25.5 Å². The van der Waals surface area contributed by atoms with Crippen LogP contribution in [0.2, 0.25) is 0 Å². The van der Waals surface area contributed by atoms with Crippen molar-refractivity contribution in [1.29, 1.82) is 0 Å². The van der Waals surface area contributed by atoms with Crippen molar-refractivity contribution < 1.29 is 5.11 Å². The Bertz CT molecular complexity index is 255. The Labute approximate surface area is 79.8 Å². The van der Waals surface area contributed by atoms with Crippen molar-refractivity contribution in [1.82, 2.24) is 0 Å². The highest BCUT2D eigenvalue weighted by Crippen LogP contribution is 2.15. The minimum Gasteiger partial charge on any atom is -0.374 e. The van der Waals surface area contributed by atoms with E-state index in [1.165, 1.54) is 5.56 Å². The first-order valence-corrected chi connectivity index (χ1v) is 4.62. The van der Waals surface area contributed by atoms with E-state index in [9.17, 15) is 5.11 Å². The summed E-state index contributed by atoms with van der Waals surface area (Å²) in [5.74, 6) is 0. The van der Waals surface area contributed by atoms with Crippen molar-refractivity contribution >= 4 is 5.69 Å². The van der Waals surface area contributed by atoms with Crippen molar-refractivity contribution in [2.45, 2.75) is 26.5 Å². The van der Waals surface area contributed by atoms with Crippen LogP contribution in [0, 0.1) is 6.92 Å². The van der Waals surface area contributed by atoms with Crippen LogP contribution in [0.15, 0.2) is 24.3 Å². The van der Waals surface area contributed by atoms with Crippen molar-refractivity contribution in [3.8, 4) is 0 Å². The lowest BCUT2D eigenvalue weighted by atomic mass is 10.2. The maximum absolute atomic E-state index is 9.58. The average molecular weight is 179 g/mol. The molecule has 1 rings (SSSR count). The van der Waals surface area contributed by atoms with Gasteiger partial charge in [0.05, 0.1) is 0 Å². The number of nitrogens with zero attached hydrogens (tertiary/aromatic N) is 1. The lowest BCUT2D eigenvalue weighted by molar-refractivity contribution is 0.170. The van der Waals surface area contributed by atoms with Crippen molar-refractivity contribution in [3.63, 3.8) is 0 Å². The molecule has 0 saturated heterocycles. The van der Waals surface area contributed by atoms with Gasteiger partial charge in [-0.25, -0.2) is 0 Å². The van der Waals surface area contributed by atoms with Gasteiger partial charge in [0.25, 0.3) is 0 Å². The van der Waals surface area contributed by atoms with Gasteiger partial charge in [-0.2, -0.15) is 0 Å². The van der Waals surface area contributed by atoms with Crippen LogP contribution in [0.4, 0.5) is 5.69 Å². The molecule has 2 heteroatoms. The number of rotatable bonds is 3. The third-order valence-corrected chi connectivity index (χ3v) is 2.25. The Morgan fingerprint density at radius 2 is 1.85 bits per heavy atom. The lowest BCUT2D eigenvalue weighted by Crippen LogP contribution is -2.30. The number of hydrogen-bond donors (Lipinski definition) is 1. The van der Waals surface area contributed by atoms with Crippen LogP contribution in [0.25, 0.3) is 0 Å². The fraction of sp³-hybridized carbons (Fsp3) is 0.455. The van der Waals surface area contributed by atoms with Gasteiger partial charge in [-0.1, -0.05) is 24.6 Å². The summed E-state index contributed by atoms with van der Waals surface area (Å²) in [5, 5.41) is 9.58. The molecule has 0 bridgehead atoms. The summed E-state index contributed by atoms with van der Waals surface area (Å²) in [5.41, 5.74) is 2.29. The minimum atomic E-state index is -0.386. The van der Waals surface area contributed by atoms with E-state index in [2.05, 4.69) is 6.92 Å². The van der Waals surface area contributed by atoms with Crippen molar-refractivity contribution in [3.05, 3.63) is 29.8 Å². The number of aliphatic hydroxyl groups excluding tert-OH is 1. The molecule has 0 amide bonds. The quantitative estimate of drug-likeness (QED) is 0.719. The van der Waals surface area contributed by atoms with Gasteiger partial charge in [0.15, 0.2) is 0 Å². The van der Waals surface area contributed by atoms with Crippen LogP contribution in [0.1, 0.15) is 18.9 Å². The third-order valence-electron chi connectivity index (χ3n) is 2.25. The summed E-state index contributed by atoms with van der Waals surface area (Å²) in [6, 6.07) is 8.14. The summed E-state index contributed by atoms with van der Waals surface area (Å²) in [6.45, 7) is 4.02. The van der Waals surface area contributed by atoms with Gasteiger partial charge in [-0.15, -0.1) is 0 Å². The Kier molecular flexibility index (Phi) is 3.32. The number of benzene rings is 1. The summed E-state index contributed by atoms with van der Waals surface area (Å²) in [7, 11) is 1.90.